The van der Waals surface area contributed by atoms with Crippen molar-refractivity contribution in [2.75, 3.05) is 31.4 Å². The second-order valence-corrected chi connectivity index (χ2v) is 7.29. The molecule has 1 aliphatic rings. The predicted molar refractivity (Wildman–Crippen MR) is 120 cm³/mol. The van der Waals surface area contributed by atoms with Crippen molar-refractivity contribution in [1.82, 2.24) is 20.5 Å². The maximum atomic E-state index is 11.9. The van der Waals surface area contributed by atoms with E-state index in [-0.39, 0.29) is 17.5 Å². The SMILES string of the molecule is COCc1ccccc1Nc1nc(Nc2cc3c(cc2OC)CNCC3)nnc1C(N)=O. The first kappa shape index (κ1) is 21.5. The summed E-state index contributed by atoms with van der Waals surface area (Å²) < 4.78 is 10.8. The second-order valence-electron chi connectivity index (χ2n) is 7.29. The van der Waals surface area contributed by atoms with Gasteiger partial charge < -0.3 is 31.2 Å². The molecule has 10 heteroatoms. The number of carbonyl (C=O) groups excluding carboxylic acids is 1. The molecule has 1 aromatic heterocycles. The van der Waals surface area contributed by atoms with Crippen LogP contribution in [0.5, 0.6) is 5.75 Å². The van der Waals surface area contributed by atoms with Gasteiger partial charge in [-0.3, -0.25) is 4.79 Å². The van der Waals surface area contributed by atoms with Crippen molar-refractivity contribution in [2.45, 2.75) is 19.6 Å². The second kappa shape index (κ2) is 9.58. The topological polar surface area (TPSA) is 136 Å². The molecule has 3 aromatic rings. The molecule has 2 aromatic carbocycles. The number of hydrogen-bond acceptors (Lipinski definition) is 9. The van der Waals surface area contributed by atoms with Gasteiger partial charge in [0.25, 0.3) is 5.91 Å². The number of rotatable bonds is 8. The van der Waals surface area contributed by atoms with Crippen LogP contribution in [0.3, 0.4) is 0 Å². The Bertz CT molecular complexity index is 1140. The minimum absolute atomic E-state index is 0.0637. The van der Waals surface area contributed by atoms with Crippen molar-refractivity contribution in [3.63, 3.8) is 0 Å². The minimum atomic E-state index is -0.734. The standard InChI is InChI=1S/C22H25N7O3/c1-31-12-14-5-3-4-6-16(14)25-21-19(20(23)30)28-29-22(27-21)26-17-9-13-7-8-24-11-15(13)10-18(17)32-2/h3-6,9-10,24H,7-8,11-12H2,1-2H3,(H2,23,30)(H2,25,26,27,29). The molecule has 0 spiro atoms. The molecule has 0 fully saturated rings. The van der Waals surface area contributed by atoms with Gasteiger partial charge in [-0.25, -0.2) is 0 Å². The molecule has 0 saturated carbocycles. The fourth-order valence-electron chi connectivity index (χ4n) is 3.58. The van der Waals surface area contributed by atoms with Crippen molar-refractivity contribution in [3.05, 3.63) is 58.8 Å². The van der Waals surface area contributed by atoms with Crippen molar-refractivity contribution in [1.29, 1.82) is 0 Å². The summed E-state index contributed by atoms with van der Waals surface area (Å²) in [5.41, 5.74) is 10.2. The first-order valence-corrected chi connectivity index (χ1v) is 10.1. The maximum Gasteiger partial charge on any atom is 0.273 e. The van der Waals surface area contributed by atoms with Crippen molar-refractivity contribution >= 4 is 29.0 Å². The highest BCUT2D eigenvalue weighted by atomic mass is 16.5. The molecule has 2 heterocycles. The van der Waals surface area contributed by atoms with Crippen LogP contribution in [-0.4, -0.2) is 41.9 Å². The molecule has 0 saturated heterocycles. The van der Waals surface area contributed by atoms with E-state index in [4.69, 9.17) is 15.2 Å². The Morgan fingerprint density at radius 2 is 1.97 bits per heavy atom. The van der Waals surface area contributed by atoms with E-state index in [1.165, 1.54) is 11.1 Å². The Hall–Kier alpha value is -3.76. The van der Waals surface area contributed by atoms with Gasteiger partial charge in [0.15, 0.2) is 11.5 Å². The molecule has 0 aliphatic carbocycles. The molecule has 1 aliphatic heterocycles. The van der Waals surface area contributed by atoms with E-state index in [0.717, 1.165) is 30.8 Å². The van der Waals surface area contributed by atoms with Crippen LogP contribution in [0.15, 0.2) is 36.4 Å². The van der Waals surface area contributed by atoms with Crippen LogP contribution in [0.1, 0.15) is 27.2 Å². The van der Waals surface area contributed by atoms with E-state index in [2.05, 4.69) is 31.1 Å². The molecule has 1 amide bonds. The van der Waals surface area contributed by atoms with Crippen molar-refractivity contribution in [2.24, 2.45) is 5.73 Å². The average Bonchev–Trinajstić information content (AvgIpc) is 2.80. The number of anilines is 4. The Balaban J connectivity index is 1.68. The van der Waals surface area contributed by atoms with Crippen LogP contribution in [0, 0.1) is 0 Å². The monoisotopic (exact) mass is 435 g/mol. The lowest BCUT2D eigenvalue weighted by Gasteiger charge is -2.20. The first-order chi connectivity index (χ1) is 15.6. The van der Waals surface area contributed by atoms with Gasteiger partial charge in [0.1, 0.15) is 5.75 Å². The third-order valence-corrected chi connectivity index (χ3v) is 5.15. The summed E-state index contributed by atoms with van der Waals surface area (Å²) in [5, 5.41) is 17.7. The first-order valence-electron chi connectivity index (χ1n) is 10.1. The number of hydrogen-bond donors (Lipinski definition) is 4. The summed E-state index contributed by atoms with van der Waals surface area (Å²) in [7, 11) is 3.22. The Morgan fingerprint density at radius 3 is 2.75 bits per heavy atom. The van der Waals surface area contributed by atoms with Gasteiger partial charge in [0, 0.05) is 24.9 Å². The summed E-state index contributed by atoms with van der Waals surface area (Å²) in [4.78, 5) is 16.4. The number of carbonyl (C=O) groups is 1. The Labute approximate surface area is 185 Å². The lowest BCUT2D eigenvalue weighted by Crippen LogP contribution is -2.23. The number of primary amides is 1. The summed E-state index contributed by atoms with van der Waals surface area (Å²) in [6, 6.07) is 11.6. The van der Waals surface area contributed by atoms with Crippen LogP contribution in [0.2, 0.25) is 0 Å². The number of para-hydroxylation sites is 1. The average molecular weight is 435 g/mol. The number of fused-ring (bicyclic) bond motifs is 1. The fraction of sp³-hybridized carbons (Fsp3) is 0.273. The number of aromatic nitrogens is 3. The van der Waals surface area contributed by atoms with Crippen LogP contribution >= 0.6 is 0 Å². The molecule has 0 radical (unpaired) electrons. The third kappa shape index (κ3) is 4.61. The van der Waals surface area contributed by atoms with Gasteiger partial charge in [0.05, 0.1) is 19.4 Å². The zero-order chi connectivity index (χ0) is 22.5. The highest BCUT2D eigenvalue weighted by molar-refractivity contribution is 5.96. The fourth-order valence-corrected chi connectivity index (χ4v) is 3.58. The van der Waals surface area contributed by atoms with Crippen LogP contribution in [0.25, 0.3) is 0 Å². The summed E-state index contributed by atoms with van der Waals surface area (Å²) in [6.07, 6.45) is 0.914. The van der Waals surface area contributed by atoms with E-state index in [1.54, 1.807) is 14.2 Å². The van der Waals surface area contributed by atoms with Gasteiger partial charge >= 0.3 is 0 Å². The van der Waals surface area contributed by atoms with E-state index < -0.39 is 5.91 Å². The van der Waals surface area contributed by atoms with E-state index >= 15 is 0 Å². The molecule has 10 nitrogen and oxygen atoms in total. The maximum absolute atomic E-state index is 11.9. The molecular weight excluding hydrogens is 410 g/mol. The summed E-state index contributed by atoms with van der Waals surface area (Å²) >= 11 is 0. The highest BCUT2D eigenvalue weighted by Gasteiger charge is 2.18. The van der Waals surface area contributed by atoms with Crippen LogP contribution in [0.4, 0.5) is 23.1 Å². The molecule has 32 heavy (non-hydrogen) atoms. The number of benzene rings is 2. The largest absolute Gasteiger partial charge is 0.495 e. The van der Waals surface area contributed by atoms with E-state index in [9.17, 15) is 4.79 Å². The van der Waals surface area contributed by atoms with Crippen LogP contribution in [-0.2, 0) is 24.3 Å². The van der Waals surface area contributed by atoms with E-state index in [0.29, 0.717) is 18.0 Å². The molecule has 0 bridgehead atoms. The lowest BCUT2D eigenvalue weighted by molar-refractivity contribution is 0.0995. The molecule has 5 N–H and O–H groups in total. The summed E-state index contributed by atoms with van der Waals surface area (Å²) in [6.45, 7) is 2.10. The van der Waals surface area contributed by atoms with Crippen molar-refractivity contribution in [3.8, 4) is 5.75 Å². The van der Waals surface area contributed by atoms with Gasteiger partial charge in [0.2, 0.25) is 5.95 Å². The summed E-state index contributed by atoms with van der Waals surface area (Å²) in [5.74, 6) is 0.325. The van der Waals surface area contributed by atoms with Gasteiger partial charge in [-0.05, 0) is 42.3 Å². The number of ether oxygens (including phenoxy) is 2. The zero-order valence-corrected chi connectivity index (χ0v) is 17.9. The number of nitrogens with zero attached hydrogens (tertiary/aromatic N) is 3. The lowest BCUT2D eigenvalue weighted by atomic mass is 10.00. The molecule has 0 atom stereocenters. The predicted octanol–water partition coefficient (Wildman–Crippen LogP) is 2.26. The smallest absolute Gasteiger partial charge is 0.273 e. The minimum Gasteiger partial charge on any atom is -0.495 e. The normalized spacial score (nSPS) is 12.7. The molecule has 4 rings (SSSR count). The molecular formula is C22H25N7O3. The van der Waals surface area contributed by atoms with Gasteiger partial charge in [-0.1, -0.05) is 18.2 Å². The number of nitrogens with two attached hydrogens (primary N) is 1. The number of amides is 1. The van der Waals surface area contributed by atoms with Crippen molar-refractivity contribution < 1.29 is 14.3 Å². The number of methoxy groups -OCH3 is 2. The van der Waals surface area contributed by atoms with Crippen LogP contribution < -0.4 is 26.4 Å². The third-order valence-electron chi connectivity index (χ3n) is 5.15. The van der Waals surface area contributed by atoms with Gasteiger partial charge in [-0.2, -0.15) is 4.98 Å². The Morgan fingerprint density at radius 1 is 1.12 bits per heavy atom. The zero-order valence-electron chi connectivity index (χ0n) is 17.9. The van der Waals surface area contributed by atoms with E-state index in [1.807, 2.05) is 36.4 Å². The molecule has 166 valence electrons. The quantitative estimate of drug-likeness (QED) is 0.420. The Kier molecular flexibility index (Phi) is 6.43. The highest BCUT2D eigenvalue weighted by Crippen LogP contribution is 2.32. The molecule has 0 unspecified atom stereocenters. The number of nitrogens with one attached hydrogen (secondary N) is 3. The van der Waals surface area contributed by atoms with Gasteiger partial charge in [-0.15, -0.1) is 10.2 Å².